The zero-order valence-electron chi connectivity index (χ0n) is 9.39. The van der Waals surface area contributed by atoms with Gasteiger partial charge in [-0.3, -0.25) is 4.79 Å². The summed E-state index contributed by atoms with van der Waals surface area (Å²) in [5.41, 5.74) is 6.71. The van der Waals surface area contributed by atoms with Crippen molar-refractivity contribution in [2.75, 3.05) is 43.9 Å². The van der Waals surface area contributed by atoms with Gasteiger partial charge in [0.15, 0.2) is 6.29 Å². The third-order valence-corrected chi connectivity index (χ3v) is 2.91. The molecule has 2 rings (SSSR count). The molecule has 1 aromatic heterocycles. The Labute approximate surface area is 94.9 Å². The summed E-state index contributed by atoms with van der Waals surface area (Å²) in [5, 5.41) is 0. The highest BCUT2D eigenvalue weighted by Gasteiger charge is 2.15. The van der Waals surface area contributed by atoms with E-state index in [4.69, 9.17) is 5.73 Å². The van der Waals surface area contributed by atoms with Crippen LogP contribution in [0.4, 0.5) is 11.5 Å². The number of piperazine rings is 1. The smallest absolute Gasteiger partial charge is 0.153 e. The monoisotopic (exact) mass is 220 g/mol. The molecule has 0 unspecified atom stereocenters. The molecule has 2 N–H and O–H groups in total. The lowest BCUT2D eigenvalue weighted by atomic mass is 10.2. The molecule has 0 saturated carbocycles. The third kappa shape index (κ3) is 2.14. The Hall–Kier alpha value is -1.62. The minimum atomic E-state index is 0.456. The minimum absolute atomic E-state index is 0.456. The van der Waals surface area contributed by atoms with E-state index < -0.39 is 0 Å². The Morgan fingerprint density at radius 1 is 1.38 bits per heavy atom. The van der Waals surface area contributed by atoms with Crippen LogP contribution in [-0.4, -0.2) is 49.4 Å². The summed E-state index contributed by atoms with van der Waals surface area (Å²) in [6.45, 7) is 3.95. The van der Waals surface area contributed by atoms with E-state index in [1.165, 1.54) is 6.20 Å². The van der Waals surface area contributed by atoms with E-state index in [0.717, 1.165) is 38.3 Å². The van der Waals surface area contributed by atoms with Crippen molar-refractivity contribution in [1.82, 2.24) is 9.88 Å². The summed E-state index contributed by atoms with van der Waals surface area (Å²) in [6.07, 6.45) is 2.27. The molecular weight excluding hydrogens is 204 g/mol. The Balaban J connectivity index is 2.15. The van der Waals surface area contributed by atoms with Crippen LogP contribution in [0.5, 0.6) is 0 Å². The predicted octanol–water partition coefficient (Wildman–Crippen LogP) is 0.228. The van der Waals surface area contributed by atoms with Crippen LogP contribution >= 0.6 is 0 Å². The van der Waals surface area contributed by atoms with Crippen LogP contribution in [0.3, 0.4) is 0 Å². The van der Waals surface area contributed by atoms with Crippen LogP contribution in [0.15, 0.2) is 12.3 Å². The van der Waals surface area contributed by atoms with Gasteiger partial charge in [-0.15, -0.1) is 0 Å². The third-order valence-electron chi connectivity index (χ3n) is 2.91. The number of anilines is 2. The Bertz CT molecular complexity index is 386. The lowest BCUT2D eigenvalue weighted by molar-refractivity contribution is 0.112. The second kappa shape index (κ2) is 4.49. The maximum Gasteiger partial charge on any atom is 0.153 e. The highest BCUT2D eigenvalue weighted by atomic mass is 16.1. The van der Waals surface area contributed by atoms with Gasteiger partial charge in [-0.2, -0.15) is 0 Å². The van der Waals surface area contributed by atoms with Gasteiger partial charge in [-0.1, -0.05) is 0 Å². The lowest BCUT2D eigenvalue weighted by Gasteiger charge is -2.33. The molecule has 0 spiro atoms. The van der Waals surface area contributed by atoms with Gasteiger partial charge in [0.25, 0.3) is 0 Å². The Morgan fingerprint density at radius 2 is 2.06 bits per heavy atom. The van der Waals surface area contributed by atoms with Gasteiger partial charge in [-0.25, -0.2) is 4.98 Å². The van der Waals surface area contributed by atoms with E-state index >= 15 is 0 Å². The zero-order chi connectivity index (χ0) is 11.5. The van der Waals surface area contributed by atoms with Gasteiger partial charge in [0.1, 0.15) is 5.82 Å². The number of aromatic nitrogens is 1. The normalized spacial score (nSPS) is 17.4. The minimum Gasteiger partial charge on any atom is -0.398 e. The number of likely N-dealkylation sites (N-methyl/N-ethyl adjacent to an activating group) is 1. The number of carbonyl (C=O) groups is 1. The summed E-state index contributed by atoms with van der Waals surface area (Å²) in [4.78, 5) is 19.3. The second-order valence-corrected chi connectivity index (χ2v) is 4.08. The molecule has 5 heteroatoms. The van der Waals surface area contributed by atoms with E-state index in [2.05, 4.69) is 21.8 Å². The summed E-state index contributed by atoms with van der Waals surface area (Å²) in [5.74, 6) is 0.858. The van der Waals surface area contributed by atoms with E-state index in [9.17, 15) is 4.79 Å². The summed E-state index contributed by atoms with van der Waals surface area (Å²) >= 11 is 0. The van der Waals surface area contributed by atoms with Gasteiger partial charge < -0.3 is 15.5 Å². The molecule has 86 valence electrons. The van der Waals surface area contributed by atoms with Crippen molar-refractivity contribution in [2.45, 2.75) is 0 Å². The van der Waals surface area contributed by atoms with Crippen molar-refractivity contribution >= 4 is 17.8 Å². The number of rotatable bonds is 2. The molecule has 0 aromatic carbocycles. The van der Waals surface area contributed by atoms with Gasteiger partial charge in [0.05, 0.1) is 5.56 Å². The molecule has 16 heavy (non-hydrogen) atoms. The Kier molecular flexibility index (Phi) is 3.05. The average molecular weight is 220 g/mol. The van der Waals surface area contributed by atoms with Crippen LogP contribution in [0.2, 0.25) is 0 Å². The van der Waals surface area contributed by atoms with Crippen LogP contribution < -0.4 is 10.6 Å². The van der Waals surface area contributed by atoms with E-state index in [1.807, 2.05) is 0 Å². The molecule has 1 saturated heterocycles. The van der Waals surface area contributed by atoms with E-state index in [-0.39, 0.29) is 0 Å². The quantitative estimate of drug-likeness (QED) is 0.723. The first-order valence-electron chi connectivity index (χ1n) is 5.35. The first-order valence-corrected chi connectivity index (χ1v) is 5.35. The van der Waals surface area contributed by atoms with E-state index in [0.29, 0.717) is 11.3 Å². The number of nitrogens with two attached hydrogens (primary N) is 1. The fourth-order valence-electron chi connectivity index (χ4n) is 1.78. The molecule has 1 aliphatic heterocycles. The van der Waals surface area contributed by atoms with Crippen LogP contribution in [0.25, 0.3) is 0 Å². The van der Waals surface area contributed by atoms with Crippen molar-refractivity contribution in [2.24, 2.45) is 0 Å². The van der Waals surface area contributed by atoms with E-state index in [1.54, 1.807) is 6.07 Å². The van der Waals surface area contributed by atoms with Crippen molar-refractivity contribution in [1.29, 1.82) is 0 Å². The van der Waals surface area contributed by atoms with Crippen molar-refractivity contribution < 1.29 is 4.79 Å². The van der Waals surface area contributed by atoms with Gasteiger partial charge in [0, 0.05) is 44.1 Å². The van der Waals surface area contributed by atoms with Crippen LogP contribution in [-0.2, 0) is 0 Å². The number of hydrogen-bond donors (Lipinski definition) is 1. The van der Waals surface area contributed by atoms with Crippen molar-refractivity contribution in [3.63, 3.8) is 0 Å². The average Bonchev–Trinajstić information content (AvgIpc) is 2.30. The molecule has 5 nitrogen and oxygen atoms in total. The second-order valence-electron chi connectivity index (χ2n) is 4.08. The van der Waals surface area contributed by atoms with Gasteiger partial charge >= 0.3 is 0 Å². The largest absolute Gasteiger partial charge is 0.398 e. The molecular formula is C11H16N4O. The topological polar surface area (TPSA) is 62.5 Å². The summed E-state index contributed by atoms with van der Waals surface area (Å²) in [6, 6.07) is 1.77. The molecule has 2 heterocycles. The number of nitrogens with zero attached hydrogens (tertiary/aromatic N) is 3. The molecule has 0 radical (unpaired) electrons. The van der Waals surface area contributed by atoms with Crippen LogP contribution in [0, 0.1) is 0 Å². The first kappa shape index (κ1) is 10.9. The predicted molar refractivity (Wildman–Crippen MR) is 63.7 cm³/mol. The maximum atomic E-state index is 10.6. The number of aldehydes is 1. The molecule has 0 bridgehead atoms. The first-order chi connectivity index (χ1) is 7.70. The fourth-order valence-corrected chi connectivity index (χ4v) is 1.78. The van der Waals surface area contributed by atoms with Crippen LogP contribution in [0.1, 0.15) is 10.4 Å². The van der Waals surface area contributed by atoms with Crippen molar-refractivity contribution in [3.8, 4) is 0 Å². The lowest BCUT2D eigenvalue weighted by Crippen LogP contribution is -2.44. The molecule has 0 amide bonds. The highest BCUT2D eigenvalue weighted by molar-refractivity contribution is 5.83. The number of carbonyl (C=O) groups excluding carboxylic acids is 1. The Morgan fingerprint density at radius 3 is 2.62 bits per heavy atom. The summed E-state index contributed by atoms with van der Waals surface area (Å²) in [7, 11) is 2.11. The molecule has 1 fully saturated rings. The molecule has 0 aliphatic carbocycles. The standard InChI is InChI=1S/C11H16N4O/c1-14-2-4-15(5-3-14)11-6-10(12)9(8-16)7-13-11/h6-8H,2-5H2,1H3,(H2,12,13). The highest BCUT2D eigenvalue weighted by Crippen LogP contribution is 2.18. The number of pyridine rings is 1. The molecule has 1 aliphatic rings. The fraction of sp³-hybridized carbons (Fsp3) is 0.455. The number of hydrogen-bond acceptors (Lipinski definition) is 5. The van der Waals surface area contributed by atoms with Crippen molar-refractivity contribution in [3.05, 3.63) is 17.8 Å². The number of nitrogen functional groups attached to an aromatic ring is 1. The SMILES string of the molecule is CN1CCN(c2cc(N)c(C=O)cn2)CC1. The molecule has 0 atom stereocenters. The van der Waals surface area contributed by atoms with Gasteiger partial charge in [0.2, 0.25) is 0 Å². The summed E-state index contributed by atoms with van der Waals surface area (Å²) < 4.78 is 0. The van der Waals surface area contributed by atoms with Gasteiger partial charge in [-0.05, 0) is 7.05 Å². The maximum absolute atomic E-state index is 10.6. The molecule has 1 aromatic rings. The zero-order valence-corrected chi connectivity index (χ0v) is 9.39.